The van der Waals surface area contributed by atoms with Crippen LogP contribution in [-0.4, -0.2) is 31.7 Å². The van der Waals surface area contributed by atoms with Crippen molar-refractivity contribution in [3.05, 3.63) is 41.9 Å². The fourth-order valence-corrected chi connectivity index (χ4v) is 4.30. The van der Waals surface area contributed by atoms with Crippen molar-refractivity contribution in [2.24, 2.45) is 0 Å². The second kappa shape index (κ2) is 7.53. The van der Waals surface area contributed by atoms with Gasteiger partial charge in [0.1, 0.15) is 0 Å². The van der Waals surface area contributed by atoms with Crippen LogP contribution in [0.25, 0.3) is 0 Å². The maximum absolute atomic E-state index is 12.7. The number of thiazole rings is 1. The predicted octanol–water partition coefficient (Wildman–Crippen LogP) is 2.50. The second-order valence-electron chi connectivity index (χ2n) is 4.49. The number of rotatable bonds is 8. The molecule has 0 saturated carbocycles. The standard InChI is InChI=1S/C14H18N2O3S2/c17-11-6-2-5-10-16(14-15-9-12-20-14)21(18,19)13-7-3-1-4-8-13/h1,3-4,7-9,12,17H,2,5-6,10-11H2. The molecule has 7 heteroatoms. The van der Waals surface area contributed by atoms with Gasteiger partial charge in [-0.25, -0.2) is 17.7 Å². The van der Waals surface area contributed by atoms with Crippen LogP contribution in [0.1, 0.15) is 19.3 Å². The summed E-state index contributed by atoms with van der Waals surface area (Å²) in [5, 5.41) is 11.0. The van der Waals surface area contributed by atoms with E-state index in [4.69, 9.17) is 5.11 Å². The van der Waals surface area contributed by atoms with Gasteiger partial charge in [0, 0.05) is 24.7 Å². The van der Waals surface area contributed by atoms with Crippen molar-refractivity contribution in [3.63, 3.8) is 0 Å². The van der Waals surface area contributed by atoms with Gasteiger partial charge in [0.2, 0.25) is 0 Å². The number of sulfonamides is 1. The smallest absolute Gasteiger partial charge is 0.266 e. The molecule has 0 atom stereocenters. The molecule has 0 radical (unpaired) electrons. The molecular formula is C14H18N2O3S2. The van der Waals surface area contributed by atoms with Gasteiger partial charge in [-0.05, 0) is 31.4 Å². The van der Waals surface area contributed by atoms with E-state index in [-0.39, 0.29) is 11.5 Å². The Morgan fingerprint density at radius 1 is 1.14 bits per heavy atom. The van der Waals surface area contributed by atoms with Gasteiger partial charge >= 0.3 is 0 Å². The third-order valence-corrected chi connectivity index (χ3v) is 5.70. The van der Waals surface area contributed by atoms with Crippen molar-refractivity contribution in [2.45, 2.75) is 24.2 Å². The summed E-state index contributed by atoms with van der Waals surface area (Å²) in [4.78, 5) is 4.39. The van der Waals surface area contributed by atoms with Gasteiger partial charge in [-0.1, -0.05) is 18.2 Å². The molecule has 0 spiro atoms. The Hall–Kier alpha value is -1.44. The number of hydrogen-bond donors (Lipinski definition) is 1. The van der Waals surface area contributed by atoms with Gasteiger partial charge < -0.3 is 5.11 Å². The van der Waals surface area contributed by atoms with Crippen LogP contribution in [0.15, 0.2) is 46.8 Å². The zero-order valence-corrected chi connectivity index (χ0v) is 13.2. The molecule has 0 aliphatic carbocycles. The Morgan fingerprint density at radius 2 is 1.90 bits per heavy atom. The average Bonchev–Trinajstić information content (AvgIpc) is 3.02. The minimum absolute atomic E-state index is 0.128. The minimum atomic E-state index is -3.59. The zero-order chi connectivity index (χ0) is 15.1. The summed E-state index contributed by atoms with van der Waals surface area (Å²) in [6.45, 7) is 0.493. The molecule has 0 aliphatic rings. The van der Waals surface area contributed by atoms with Crippen LogP contribution in [0.3, 0.4) is 0 Å². The Morgan fingerprint density at radius 3 is 2.52 bits per heavy atom. The molecule has 1 N–H and O–H groups in total. The lowest BCUT2D eigenvalue weighted by Gasteiger charge is -2.21. The largest absolute Gasteiger partial charge is 0.396 e. The molecule has 0 amide bonds. The molecule has 114 valence electrons. The van der Waals surface area contributed by atoms with Crippen molar-refractivity contribution in [1.29, 1.82) is 0 Å². The van der Waals surface area contributed by atoms with Crippen molar-refractivity contribution < 1.29 is 13.5 Å². The van der Waals surface area contributed by atoms with E-state index >= 15 is 0 Å². The minimum Gasteiger partial charge on any atom is -0.396 e. The fraction of sp³-hybridized carbons (Fsp3) is 0.357. The van der Waals surface area contributed by atoms with Crippen LogP contribution in [0.4, 0.5) is 5.13 Å². The number of unbranched alkanes of at least 4 members (excludes halogenated alkanes) is 2. The molecule has 0 bridgehead atoms. The van der Waals surface area contributed by atoms with Crippen LogP contribution in [0.2, 0.25) is 0 Å². The summed E-state index contributed by atoms with van der Waals surface area (Å²) in [6.07, 6.45) is 3.74. The maximum Gasteiger partial charge on any atom is 0.266 e. The van der Waals surface area contributed by atoms with E-state index in [0.717, 1.165) is 6.42 Å². The SMILES string of the molecule is O=S(=O)(c1ccccc1)N(CCCCCO)c1nccs1. The number of hydrogen-bond acceptors (Lipinski definition) is 5. The molecule has 0 saturated heterocycles. The van der Waals surface area contributed by atoms with Crippen molar-refractivity contribution >= 4 is 26.5 Å². The first-order chi connectivity index (χ1) is 10.2. The van der Waals surface area contributed by atoms with Crippen LogP contribution in [-0.2, 0) is 10.0 Å². The first-order valence-corrected chi connectivity index (χ1v) is 9.06. The van der Waals surface area contributed by atoms with Crippen molar-refractivity contribution in [1.82, 2.24) is 4.98 Å². The summed E-state index contributed by atoms with van der Waals surface area (Å²) in [5.74, 6) is 0. The molecule has 2 rings (SSSR count). The van der Waals surface area contributed by atoms with Crippen LogP contribution in [0, 0.1) is 0 Å². The van der Waals surface area contributed by atoms with E-state index in [1.165, 1.54) is 15.6 Å². The Labute approximate surface area is 128 Å². The fourth-order valence-electron chi connectivity index (χ4n) is 1.92. The lowest BCUT2D eigenvalue weighted by molar-refractivity contribution is 0.283. The second-order valence-corrected chi connectivity index (χ2v) is 7.22. The van der Waals surface area contributed by atoms with Gasteiger partial charge in [0.25, 0.3) is 10.0 Å². The highest BCUT2D eigenvalue weighted by Crippen LogP contribution is 2.25. The van der Waals surface area contributed by atoms with Gasteiger partial charge in [0.05, 0.1) is 4.90 Å². The average molecular weight is 326 g/mol. The number of nitrogens with zero attached hydrogens (tertiary/aromatic N) is 2. The third kappa shape index (κ3) is 4.03. The highest BCUT2D eigenvalue weighted by molar-refractivity contribution is 7.93. The Kier molecular flexibility index (Phi) is 5.72. The van der Waals surface area contributed by atoms with E-state index < -0.39 is 10.0 Å². The van der Waals surface area contributed by atoms with Crippen LogP contribution in [0.5, 0.6) is 0 Å². The van der Waals surface area contributed by atoms with Gasteiger partial charge in [-0.2, -0.15) is 0 Å². The number of aromatic nitrogens is 1. The molecule has 1 aromatic heterocycles. The molecule has 0 unspecified atom stereocenters. The van der Waals surface area contributed by atoms with E-state index in [1.54, 1.807) is 41.9 Å². The third-order valence-electron chi connectivity index (χ3n) is 2.98. The molecule has 21 heavy (non-hydrogen) atoms. The topological polar surface area (TPSA) is 70.5 Å². The van der Waals surface area contributed by atoms with Gasteiger partial charge in [-0.15, -0.1) is 11.3 Å². The normalized spacial score (nSPS) is 11.5. The predicted molar refractivity (Wildman–Crippen MR) is 84.0 cm³/mol. The van der Waals surface area contributed by atoms with Gasteiger partial charge in [-0.3, -0.25) is 0 Å². The number of aliphatic hydroxyl groups excluding tert-OH is 1. The first-order valence-electron chi connectivity index (χ1n) is 6.74. The highest BCUT2D eigenvalue weighted by atomic mass is 32.2. The lowest BCUT2D eigenvalue weighted by Crippen LogP contribution is -2.32. The van der Waals surface area contributed by atoms with E-state index in [9.17, 15) is 8.42 Å². The first kappa shape index (κ1) is 15.9. The molecule has 1 heterocycles. The molecule has 1 aromatic carbocycles. The molecule has 2 aromatic rings. The lowest BCUT2D eigenvalue weighted by atomic mass is 10.2. The van der Waals surface area contributed by atoms with Crippen LogP contribution >= 0.6 is 11.3 Å². The van der Waals surface area contributed by atoms with Crippen molar-refractivity contribution in [2.75, 3.05) is 17.5 Å². The maximum atomic E-state index is 12.7. The molecule has 0 aliphatic heterocycles. The van der Waals surface area contributed by atoms with E-state index in [0.29, 0.717) is 24.5 Å². The summed E-state index contributed by atoms with van der Waals surface area (Å²) >= 11 is 1.30. The summed E-state index contributed by atoms with van der Waals surface area (Å²) < 4.78 is 26.8. The molecular weight excluding hydrogens is 308 g/mol. The quantitative estimate of drug-likeness (QED) is 0.757. The van der Waals surface area contributed by atoms with E-state index in [2.05, 4.69) is 4.98 Å². The number of benzene rings is 1. The van der Waals surface area contributed by atoms with Crippen LogP contribution < -0.4 is 4.31 Å². The monoisotopic (exact) mass is 326 g/mol. The summed E-state index contributed by atoms with van der Waals surface area (Å²) in [5.41, 5.74) is 0. The number of aliphatic hydroxyl groups is 1. The Bertz CT molecular complexity index is 628. The van der Waals surface area contributed by atoms with Gasteiger partial charge in [0.15, 0.2) is 5.13 Å². The van der Waals surface area contributed by atoms with E-state index in [1.807, 2.05) is 0 Å². The number of anilines is 1. The molecule has 0 fully saturated rings. The summed E-state index contributed by atoms with van der Waals surface area (Å²) in [6, 6.07) is 8.37. The zero-order valence-electron chi connectivity index (χ0n) is 11.6. The molecule has 5 nitrogen and oxygen atoms in total. The van der Waals surface area contributed by atoms with Crippen molar-refractivity contribution in [3.8, 4) is 0 Å². The Balaban J connectivity index is 2.23. The summed E-state index contributed by atoms with van der Waals surface area (Å²) in [7, 11) is -3.59. The highest BCUT2D eigenvalue weighted by Gasteiger charge is 2.25.